The van der Waals surface area contributed by atoms with Crippen LogP contribution in [0.4, 0.5) is 15.3 Å². The number of nitrogens with zero attached hydrogens (tertiary/aromatic N) is 1. The molecule has 1 saturated heterocycles. The molecule has 0 aromatic heterocycles. The van der Waals surface area contributed by atoms with Crippen molar-refractivity contribution in [3.05, 3.63) is 29.3 Å². The summed E-state index contributed by atoms with van der Waals surface area (Å²) in [5.41, 5.74) is 0.715. The summed E-state index contributed by atoms with van der Waals surface area (Å²) in [4.78, 5) is 26.1. The Labute approximate surface area is 166 Å². The van der Waals surface area contributed by atoms with Gasteiger partial charge in [-0.2, -0.15) is 0 Å². The van der Waals surface area contributed by atoms with Crippen LogP contribution < -0.4 is 16.0 Å². The van der Waals surface area contributed by atoms with Crippen LogP contribution in [0.25, 0.3) is 0 Å². The zero-order valence-corrected chi connectivity index (χ0v) is 16.4. The molecule has 0 radical (unpaired) electrons. The zero-order chi connectivity index (χ0) is 19.1. The Morgan fingerprint density at radius 3 is 2.56 bits per heavy atom. The number of amides is 4. The lowest BCUT2D eigenvalue weighted by molar-refractivity contribution is 0.179. The number of piperidine rings is 1. The van der Waals surface area contributed by atoms with E-state index in [2.05, 4.69) is 16.0 Å². The summed E-state index contributed by atoms with van der Waals surface area (Å²) in [5.74, 6) is 0.548. The lowest BCUT2D eigenvalue weighted by atomic mass is 9.94. The molecule has 0 atom stereocenters. The van der Waals surface area contributed by atoms with E-state index in [9.17, 15) is 9.59 Å². The van der Waals surface area contributed by atoms with Gasteiger partial charge in [0, 0.05) is 36.4 Å². The predicted molar refractivity (Wildman–Crippen MR) is 108 cm³/mol. The van der Waals surface area contributed by atoms with E-state index in [-0.39, 0.29) is 12.1 Å². The molecule has 1 saturated carbocycles. The van der Waals surface area contributed by atoms with Gasteiger partial charge in [0.05, 0.1) is 0 Å². The maximum absolute atomic E-state index is 12.4. The van der Waals surface area contributed by atoms with Crippen LogP contribution in [0.1, 0.15) is 44.9 Å². The number of benzene rings is 1. The normalized spacial score (nSPS) is 18.3. The van der Waals surface area contributed by atoms with Gasteiger partial charge in [0.1, 0.15) is 0 Å². The van der Waals surface area contributed by atoms with Crippen LogP contribution in [-0.4, -0.2) is 42.6 Å². The van der Waals surface area contributed by atoms with Crippen LogP contribution in [0.3, 0.4) is 0 Å². The van der Waals surface area contributed by atoms with Gasteiger partial charge in [0.25, 0.3) is 0 Å². The van der Waals surface area contributed by atoms with E-state index in [1.807, 2.05) is 17.0 Å². The van der Waals surface area contributed by atoms with E-state index in [1.165, 1.54) is 12.8 Å². The molecule has 1 aliphatic heterocycles. The molecule has 1 aliphatic carbocycles. The molecule has 4 amide bonds. The SMILES string of the molecule is O=C(NCCC1CCN(C(=O)Nc2cccc(Cl)c2)CC1)NC1CCCC1. The average Bonchev–Trinajstić information content (AvgIpc) is 3.15. The van der Waals surface area contributed by atoms with Crippen molar-refractivity contribution in [2.24, 2.45) is 5.92 Å². The summed E-state index contributed by atoms with van der Waals surface area (Å²) in [7, 11) is 0. The largest absolute Gasteiger partial charge is 0.338 e. The Morgan fingerprint density at radius 2 is 1.85 bits per heavy atom. The molecule has 1 heterocycles. The molecular weight excluding hydrogens is 364 g/mol. The quantitative estimate of drug-likeness (QED) is 0.702. The number of carbonyl (C=O) groups is 2. The van der Waals surface area contributed by atoms with E-state index >= 15 is 0 Å². The molecule has 0 bridgehead atoms. The lowest BCUT2D eigenvalue weighted by Crippen LogP contribution is -2.43. The van der Waals surface area contributed by atoms with Crippen molar-refractivity contribution in [3.63, 3.8) is 0 Å². The minimum atomic E-state index is -0.0789. The summed E-state index contributed by atoms with van der Waals surface area (Å²) in [6.45, 7) is 2.18. The summed E-state index contributed by atoms with van der Waals surface area (Å²) in [6, 6.07) is 7.41. The van der Waals surface area contributed by atoms with Gasteiger partial charge in [-0.1, -0.05) is 30.5 Å². The third-order valence-corrected chi connectivity index (χ3v) is 5.74. The summed E-state index contributed by atoms with van der Waals surface area (Å²) in [6.07, 6.45) is 7.53. The third kappa shape index (κ3) is 6.31. The first-order valence-electron chi connectivity index (χ1n) is 9.96. The first-order chi connectivity index (χ1) is 13.1. The Bertz CT molecular complexity index is 641. The molecule has 7 heteroatoms. The summed E-state index contributed by atoms with van der Waals surface area (Å²) in [5, 5.41) is 9.52. The Balaban J connectivity index is 1.31. The smallest absolute Gasteiger partial charge is 0.321 e. The number of rotatable bonds is 5. The summed E-state index contributed by atoms with van der Waals surface area (Å²) < 4.78 is 0. The fraction of sp³-hybridized carbons (Fsp3) is 0.600. The van der Waals surface area contributed by atoms with Crippen molar-refractivity contribution in [2.45, 2.75) is 51.0 Å². The van der Waals surface area contributed by atoms with Crippen molar-refractivity contribution < 1.29 is 9.59 Å². The second kappa shape index (κ2) is 9.83. The van der Waals surface area contributed by atoms with Crippen LogP contribution in [-0.2, 0) is 0 Å². The highest BCUT2D eigenvalue weighted by molar-refractivity contribution is 6.30. The number of hydrogen-bond acceptors (Lipinski definition) is 2. The second-order valence-electron chi connectivity index (χ2n) is 7.54. The number of halogens is 1. The van der Waals surface area contributed by atoms with Gasteiger partial charge in [0.2, 0.25) is 0 Å². The van der Waals surface area contributed by atoms with E-state index < -0.39 is 0 Å². The zero-order valence-electron chi connectivity index (χ0n) is 15.7. The van der Waals surface area contributed by atoms with Gasteiger partial charge in [-0.25, -0.2) is 9.59 Å². The van der Waals surface area contributed by atoms with Gasteiger partial charge in [0.15, 0.2) is 0 Å². The van der Waals surface area contributed by atoms with E-state index in [0.29, 0.717) is 29.2 Å². The van der Waals surface area contributed by atoms with E-state index in [0.717, 1.165) is 45.2 Å². The number of nitrogens with one attached hydrogen (secondary N) is 3. The van der Waals surface area contributed by atoms with Crippen molar-refractivity contribution in [1.29, 1.82) is 0 Å². The maximum Gasteiger partial charge on any atom is 0.321 e. The molecule has 3 N–H and O–H groups in total. The third-order valence-electron chi connectivity index (χ3n) is 5.51. The Hall–Kier alpha value is -1.95. The fourth-order valence-electron chi connectivity index (χ4n) is 3.89. The van der Waals surface area contributed by atoms with Gasteiger partial charge in [-0.3, -0.25) is 0 Å². The van der Waals surface area contributed by atoms with Crippen molar-refractivity contribution >= 4 is 29.4 Å². The fourth-order valence-corrected chi connectivity index (χ4v) is 4.08. The highest BCUT2D eigenvalue weighted by Gasteiger charge is 2.23. The molecule has 0 spiro atoms. The number of likely N-dealkylation sites (tertiary alicyclic amines) is 1. The van der Waals surface area contributed by atoms with Crippen LogP contribution in [0.5, 0.6) is 0 Å². The van der Waals surface area contributed by atoms with E-state index in [4.69, 9.17) is 11.6 Å². The first kappa shape index (κ1) is 19.8. The molecule has 2 aliphatic rings. The highest BCUT2D eigenvalue weighted by Crippen LogP contribution is 2.22. The number of carbonyl (C=O) groups excluding carboxylic acids is 2. The average molecular weight is 393 g/mol. The monoisotopic (exact) mass is 392 g/mol. The molecule has 0 unspecified atom stereocenters. The van der Waals surface area contributed by atoms with Crippen LogP contribution in [0, 0.1) is 5.92 Å². The minimum absolute atomic E-state index is 0.0414. The standard InChI is InChI=1S/C20H29ClN4O2/c21-16-4-3-7-18(14-16)24-20(27)25-12-9-15(10-13-25)8-11-22-19(26)23-17-5-1-2-6-17/h3-4,7,14-15,17H,1-2,5-6,8-13H2,(H,24,27)(H2,22,23,26). The molecule has 6 nitrogen and oxygen atoms in total. The molecule has 148 valence electrons. The second-order valence-corrected chi connectivity index (χ2v) is 7.98. The maximum atomic E-state index is 12.4. The van der Waals surface area contributed by atoms with Crippen LogP contribution in [0.15, 0.2) is 24.3 Å². The molecule has 1 aromatic carbocycles. The number of urea groups is 2. The minimum Gasteiger partial charge on any atom is -0.338 e. The van der Waals surface area contributed by atoms with Crippen LogP contribution in [0.2, 0.25) is 5.02 Å². The van der Waals surface area contributed by atoms with Gasteiger partial charge < -0.3 is 20.9 Å². The lowest BCUT2D eigenvalue weighted by Gasteiger charge is -2.32. The molecular formula is C20H29ClN4O2. The van der Waals surface area contributed by atoms with Crippen molar-refractivity contribution in [3.8, 4) is 0 Å². The molecule has 2 fully saturated rings. The topological polar surface area (TPSA) is 73.5 Å². The van der Waals surface area contributed by atoms with Gasteiger partial charge in [-0.05, 0) is 56.2 Å². The van der Waals surface area contributed by atoms with Crippen molar-refractivity contribution in [1.82, 2.24) is 15.5 Å². The van der Waals surface area contributed by atoms with E-state index in [1.54, 1.807) is 12.1 Å². The Kier molecular flexibility index (Phi) is 7.21. The van der Waals surface area contributed by atoms with Crippen molar-refractivity contribution in [2.75, 3.05) is 25.0 Å². The summed E-state index contributed by atoms with van der Waals surface area (Å²) >= 11 is 5.95. The number of hydrogen-bond donors (Lipinski definition) is 3. The molecule has 27 heavy (non-hydrogen) atoms. The van der Waals surface area contributed by atoms with Gasteiger partial charge >= 0.3 is 12.1 Å². The Morgan fingerprint density at radius 1 is 1.11 bits per heavy atom. The highest BCUT2D eigenvalue weighted by atomic mass is 35.5. The first-order valence-corrected chi connectivity index (χ1v) is 10.3. The molecule has 1 aromatic rings. The molecule has 3 rings (SSSR count). The van der Waals surface area contributed by atoms with Gasteiger partial charge in [-0.15, -0.1) is 0 Å². The number of anilines is 1. The van der Waals surface area contributed by atoms with Crippen LogP contribution >= 0.6 is 11.6 Å². The predicted octanol–water partition coefficient (Wildman–Crippen LogP) is 4.22.